The summed E-state index contributed by atoms with van der Waals surface area (Å²) in [4.78, 5) is 176. The van der Waals surface area contributed by atoms with E-state index >= 15 is 0 Å². The molecule has 107 heavy (non-hydrogen) atoms. The van der Waals surface area contributed by atoms with E-state index in [1.807, 2.05) is 76.2 Å². The van der Waals surface area contributed by atoms with Crippen molar-refractivity contribution in [3.8, 4) is 0 Å². The molecule has 15 N–H and O–H groups in total. The minimum atomic E-state index is -0.856. The molecule has 0 spiro atoms. The van der Waals surface area contributed by atoms with Gasteiger partial charge < -0.3 is 78.9 Å². The van der Waals surface area contributed by atoms with Crippen molar-refractivity contribution >= 4 is 144 Å². The number of nitrogens with one attached hydrogen (secondary N) is 5. The highest BCUT2D eigenvalue weighted by Gasteiger charge is 2.33. The van der Waals surface area contributed by atoms with E-state index in [1.165, 1.54) is 34.1 Å². The average Bonchev–Trinajstić information content (AvgIpc) is 1.74. The van der Waals surface area contributed by atoms with Crippen LogP contribution in [-0.4, -0.2) is 205 Å². The van der Waals surface area contributed by atoms with Gasteiger partial charge in [0, 0.05) is 62.4 Å². The van der Waals surface area contributed by atoms with Gasteiger partial charge in [-0.1, -0.05) is 155 Å². The average molecular weight is 1620 g/mol. The second kappa shape index (κ2) is 58.5. The van der Waals surface area contributed by atoms with Crippen LogP contribution in [-0.2, 0) is 95.6 Å². The van der Waals surface area contributed by atoms with Gasteiger partial charge in [0.2, 0.25) is 55.1 Å². The number of ether oxygens (including phenoxy) is 5. The number of thioether (sulfide) groups is 5. The first kappa shape index (κ1) is 106. The summed E-state index contributed by atoms with van der Waals surface area (Å²) >= 11 is 4.78. The summed E-state index contributed by atoms with van der Waals surface area (Å²) < 4.78 is 26.0. The molecule has 2 aliphatic rings. The lowest BCUT2D eigenvalue weighted by atomic mass is 9.98. The van der Waals surface area contributed by atoms with Crippen molar-refractivity contribution in [2.45, 2.75) is 294 Å². The third-order valence-electron chi connectivity index (χ3n) is 15.3. The molecule has 0 saturated heterocycles. The number of nitrogens with two attached hydrogens (primary N) is 5. The van der Waals surface area contributed by atoms with Crippen LogP contribution in [0.2, 0.25) is 0 Å². The summed E-state index contributed by atoms with van der Waals surface area (Å²) in [5, 5.41) is 11.7. The molecule has 5 amide bonds. The lowest BCUT2D eigenvalue weighted by Gasteiger charge is -2.25. The highest BCUT2D eigenvalue weighted by atomic mass is 32.2. The van der Waals surface area contributed by atoms with Crippen molar-refractivity contribution in [2.24, 2.45) is 64.2 Å². The quantitative estimate of drug-likeness (QED) is 0.0270. The Labute approximate surface area is 656 Å². The summed E-state index contributed by atoms with van der Waals surface area (Å²) in [7, 11) is 0. The topological polar surface area (TPSA) is 492 Å². The van der Waals surface area contributed by atoms with Crippen LogP contribution in [0.25, 0.3) is 0 Å². The number of carbonyl (C=O) groups excluding carboxylic acids is 15. The normalized spacial score (nSPS) is 15.7. The summed E-state index contributed by atoms with van der Waals surface area (Å²) in [5.74, 6) is -3.63. The Balaban J connectivity index is -0.00000127. The Morgan fingerprint density at radius 1 is 0.336 bits per heavy atom. The minimum absolute atomic E-state index is 0.0197. The molecule has 0 aromatic rings. The molecule has 2 fully saturated rings. The predicted octanol–water partition coefficient (Wildman–Crippen LogP) is 5.53. The van der Waals surface area contributed by atoms with Gasteiger partial charge in [-0.05, 0) is 115 Å². The molecule has 0 heterocycles. The monoisotopic (exact) mass is 1610 g/mol. The summed E-state index contributed by atoms with van der Waals surface area (Å²) in [6.07, 6.45) is 8.83. The third-order valence-corrected chi connectivity index (χ3v) is 20.5. The third kappa shape index (κ3) is 50.9. The van der Waals surface area contributed by atoms with Crippen molar-refractivity contribution in [1.82, 2.24) is 26.6 Å². The van der Waals surface area contributed by atoms with E-state index in [-0.39, 0.29) is 144 Å². The van der Waals surface area contributed by atoms with Crippen LogP contribution in [0.5, 0.6) is 0 Å². The van der Waals surface area contributed by atoms with Crippen LogP contribution in [0, 0.1) is 35.5 Å². The Bertz CT molecular complexity index is 2770. The first-order valence-corrected chi connectivity index (χ1v) is 41.5. The number of esters is 5. The molecule has 0 aromatic heterocycles. The highest BCUT2D eigenvalue weighted by Crippen LogP contribution is 2.24. The molecule has 2 aliphatic carbocycles. The van der Waals surface area contributed by atoms with Gasteiger partial charge in [0.05, 0.1) is 49.0 Å². The lowest BCUT2D eigenvalue weighted by Crippen LogP contribution is -2.46. The van der Waals surface area contributed by atoms with Gasteiger partial charge in [-0.2, -0.15) is 0 Å². The van der Waals surface area contributed by atoms with E-state index in [1.54, 1.807) is 41.5 Å². The molecule has 0 bridgehead atoms. The Hall–Kier alpha value is -5.40. The fourth-order valence-corrected chi connectivity index (χ4v) is 13.5. The first-order valence-electron chi connectivity index (χ1n) is 36.6. The molecule has 0 aromatic carbocycles. The number of hydrogen-bond donors (Lipinski definition) is 10. The van der Waals surface area contributed by atoms with Crippen LogP contribution in [0.15, 0.2) is 0 Å². The van der Waals surface area contributed by atoms with Gasteiger partial charge in [0.25, 0.3) is 0 Å². The van der Waals surface area contributed by atoms with Gasteiger partial charge in [-0.3, -0.25) is 47.9 Å². The van der Waals surface area contributed by atoms with Crippen LogP contribution < -0.4 is 55.3 Å². The standard InChI is InChI=1S/C16H28N2O4S.C15H26N2O4S.C15H28N2O4S.2C13H24N2O4S/c1-10(2)14(17)16(21)23-9-13(18-11(3)19)15(20)22-12-7-5-4-6-8-12;1-9(2)13(16)15(20)22-8-12(17-10(3)18)14(19)21-11-6-4-5-7-11;1-8(2)12(16)15(20)22-7-11(14(19)21-10(5)6)17-13(18)9(3)4;1-7(2)11(14)13(18)20-6-10(15-9(5)16)12(17)19-8(3)4;1-5-6-19-12(17)10(15-9(4)16)7-20-13(18)11(14)8(2)3/h10,12-14H,4-9,17H2,1-3H3,(H,18,19);9,11-13H,4-8,16H2,1-3H3,(H,17,18);8-12H,7,16H2,1-6H3,(H,17,18);7-8,10-11H,6,14H2,1-5H3,(H,15,16);8,10-11H,5-7,14H2,1-4H3,(H,15,16)/t13-,14-;12-,13-;11-,12-;2*10-,11-/m00000/s1. The first-order chi connectivity index (χ1) is 49.6. The molecule has 35 heteroatoms. The van der Waals surface area contributed by atoms with Gasteiger partial charge in [-0.15, -0.1) is 0 Å². The second-order valence-electron chi connectivity index (χ2n) is 28.4. The van der Waals surface area contributed by atoms with E-state index < -0.39 is 90.3 Å². The molecule has 30 nitrogen and oxygen atoms in total. The lowest BCUT2D eigenvalue weighted by molar-refractivity contribution is -0.153. The van der Waals surface area contributed by atoms with E-state index in [0.29, 0.717) is 13.0 Å². The molecule has 0 unspecified atom stereocenters. The summed E-state index contributed by atoms with van der Waals surface area (Å²) in [6.45, 7) is 36.4. The predicted molar refractivity (Wildman–Crippen MR) is 424 cm³/mol. The molecular weight excluding hydrogens is 1490 g/mol. The van der Waals surface area contributed by atoms with Crippen LogP contribution in [0.4, 0.5) is 0 Å². The van der Waals surface area contributed by atoms with Gasteiger partial charge in [-0.25, -0.2) is 24.0 Å². The molecule has 2 saturated carbocycles. The largest absolute Gasteiger partial charge is 0.464 e. The minimum Gasteiger partial charge on any atom is -0.464 e. The molecular formula is C72H130N10O20S5. The van der Waals surface area contributed by atoms with Crippen LogP contribution in [0.3, 0.4) is 0 Å². The zero-order valence-electron chi connectivity index (χ0n) is 67.0. The number of amides is 5. The number of rotatable bonds is 37. The Kier molecular flexibility index (Phi) is 57.8. The van der Waals surface area contributed by atoms with Crippen LogP contribution >= 0.6 is 58.8 Å². The SMILES string of the molecule is CC(=O)N[C@@H](CSC(=O)[C@@H](N)C(C)C)C(=O)OC(C)C.CC(=O)N[C@@H](CSC(=O)[C@@H](N)C(C)C)C(=O)OC1CCCC1.CC(=O)N[C@@H](CSC(=O)[C@@H](N)C(C)C)C(=O)OC1CCCCC1.CC(C)OC(=O)[C@H](CSC(=O)[C@@H](N)C(C)C)NC(=O)C(C)C.CCCOC(=O)[C@H](CSC(=O)[C@@H](N)C(C)C)NC(C)=O. The van der Waals surface area contributed by atoms with Crippen LogP contribution in [0.1, 0.15) is 210 Å². The molecule has 2 rings (SSSR count). The van der Waals surface area contributed by atoms with Crippen molar-refractivity contribution in [1.29, 1.82) is 0 Å². The number of hydrogen-bond acceptors (Lipinski definition) is 30. The smallest absolute Gasteiger partial charge is 0.329 e. The maximum absolute atomic E-state index is 12.3. The molecule has 0 radical (unpaired) electrons. The summed E-state index contributed by atoms with van der Waals surface area (Å²) in [5.41, 5.74) is 28.8. The maximum atomic E-state index is 12.3. The van der Waals surface area contributed by atoms with Gasteiger partial charge in [0.1, 0.15) is 42.4 Å². The molecule has 0 aliphatic heterocycles. The fourth-order valence-electron chi connectivity index (χ4n) is 8.45. The maximum Gasteiger partial charge on any atom is 0.329 e. The Morgan fingerprint density at radius 2 is 0.561 bits per heavy atom. The van der Waals surface area contributed by atoms with Gasteiger partial charge in [0.15, 0.2) is 0 Å². The zero-order valence-corrected chi connectivity index (χ0v) is 71.0. The van der Waals surface area contributed by atoms with E-state index in [2.05, 4.69) is 26.6 Å². The van der Waals surface area contributed by atoms with Gasteiger partial charge >= 0.3 is 29.8 Å². The molecule has 618 valence electrons. The number of carbonyl (C=O) groups is 15. The van der Waals surface area contributed by atoms with Crippen molar-refractivity contribution in [2.75, 3.05) is 35.4 Å². The molecule has 10 atom stereocenters. The fraction of sp³-hybridized carbons (Fsp3) is 0.792. The van der Waals surface area contributed by atoms with E-state index in [9.17, 15) is 71.9 Å². The zero-order chi connectivity index (χ0) is 83.1. The second-order valence-corrected chi connectivity index (χ2v) is 33.5. The Morgan fingerprint density at radius 3 is 0.776 bits per heavy atom. The van der Waals surface area contributed by atoms with E-state index in [0.717, 1.165) is 110 Å². The summed E-state index contributed by atoms with van der Waals surface area (Å²) in [6, 6.07) is -7.06. The highest BCUT2D eigenvalue weighted by molar-refractivity contribution is 8.14. The van der Waals surface area contributed by atoms with Crippen molar-refractivity contribution < 1.29 is 95.6 Å². The van der Waals surface area contributed by atoms with Crippen molar-refractivity contribution in [3.63, 3.8) is 0 Å². The van der Waals surface area contributed by atoms with E-state index in [4.69, 9.17) is 52.4 Å². The van der Waals surface area contributed by atoms with Crippen molar-refractivity contribution in [3.05, 3.63) is 0 Å².